The standard InChI is InChI=1S/C9H17BrNO11P3/c10-7-3-4-11(5-7)9-2-1-8(20-9)6-19-24(15,16)22-25(17,18)21-23(12,13)14/h5,8-9H,1-4,6H2,(H,15,16)(H,17,18)(H2,12,13,14)/t8-,9+/m0/s1. The van der Waals surface area contributed by atoms with Crippen LogP contribution in [0.5, 0.6) is 0 Å². The third kappa shape index (κ3) is 7.50. The second-order valence-electron chi connectivity index (χ2n) is 5.24. The number of phosphoric ester groups is 1. The fourth-order valence-corrected chi connectivity index (χ4v) is 5.80. The van der Waals surface area contributed by atoms with Gasteiger partial charge >= 0.3 is 23.5 Å². The van der Waals surface area contributed by atoms with Crippen LogP contribution in [0.15, 0.2) is 10.7 Å². The van der Waals surface area contributed by atoms with Crippen LogP contribution in [0.3, 0.4) is 0 Å². The van der Waals surface area contributed by atoms with Gasteiger partial charge in [-0.25, -0.2) is 13.7 Å². The van der Waals surface area contributed by atoms with Crippen LogP contribution < -0.4 is 0 Å². The highest BCUT2D eigenvalue weighted by molar-refractivity contribution is 9.11. The molecule has 146 valence electrons. The highest BCUT2D eigenvalue weighted by Gasteiger charge is 2.41. The van der Waals surface area contributed by atoms with Gasteiger partial charge in [0.05, 0.1) is 12.7 Å². The summed E-state index contributed by atoms with van der Waals surface area (Å²) in [6.07, 6.45) is 3.15. The molecule has 2 aliphatic rings. The van der Waals surface area contributed by atoms with E-state index in [0.29, 0.717) is 12.8 Å². The maximum absolute atomic E-state index is 11.6. The fraction of sp³-hybridized carbons (Fsp3) is 0.778. The van der Waals surface area contributed by atoms with E-state index >= 15 is 0 Å². The quantitative estimate of drug-likeness (QED) is 0.366. The molecule has 0 aliphatic carbocycles. The van der Waals surface area contributed by atoms with E-state index in [1.165, 1.54) is 0 Å². The molecule has 0 spiro atoms. The Kier molecular flexibility index (Phi) is 7.10. The van der Waals surface area contributed by atoms with E-state index in [9.17, 15) is 18.6 Å². The summed E-state index contributed by atoms with van der Waals surface area (Å²) in [6, 6.07) is 0. The van der Waals surface area contributed by atoms with Gasteiger partial charge in [-0.05, 0) is 19.3 Å². The largest absolute Gasteiger partial charge is 0.490 e. The third-order valence-electron chi connectivity index (χ3n) is 3.21. The maximum atomic E-state index is 11.6. The van der Waals surface area contributed by atoms with Crippen LogP contribution >= 0.6 is 39.4 Å². The Morgan fingerprint density at radius 2 is 1.84 bits per heavy atom. The molecule has 0 aromatic carbocycles. The van der Waals surface area contributed by atoms with Crippen LogP contribution in [0.1, 0.15) is 19.3 Å². The van der Waals surface area contributed by atoms with E-state index in [2.05, 4.69) is 29.1 Å². The molecule has 1 fully saturated rings. The number of nitrogens with zero attached hydrogens (tertiary/aromatic N) is 1. The summed E-state index contributed by atoms with van der Waals surface area (Å²) < 4.78 is 51.8. The molecule has 0 radical (unpaired) electrons. The molecule has 16 heteroatoms. The molecular formula is C9H17BrNO11P3. The van der Waals surface area contributed by atoms with Crippen LogP contribution in [0, 0.1) is 0 Å². The Morgan fingerprint density at radius 3 is 2.40 bits per heavy atom. The van der Waals surface area contributed by atoms with Gasteiger partial charge in [-0.2, -0.15) is 8.62 Å². The van der Waals surface area contributed by atoms with Gasteiger partial charge in [-0.1, -0.05) is 15.9 Å². The first-order chi connectivity index (χ1) is 11.4. The predicted octanol–water partition coefficient (Wildman–Crippen LogP) is 1.78. The molecule has 2 aliphatic heterocycles. The Bertz CT molecular complexity index is 665. The Balaban J connectivity index is 1.81. The average Bonchev–Trinajstić information content (AvgIpc) is 3.00. The Labute approximate surface area is 151 Å². The molecule has 0 amide bonds. The van der Waals surface area contributed by atoms with E-state index in [-0.39, 0.29) is 6.23 Å². The Hall–Kier alpha value is 0.390. The van der Waals surface area contributed by atoms with Crippen molar-refractivity contribution in [3.63, 3.8) is 0 Å². The summed E-state index contributed by atoms with van der Waals surface area (Å²) in [5, 5.41) is 0. The van der Waals surface area contributed by atoms with Crippen molar-refractivity contribution in [2.75, 3.05) is 13.2 Å². The van der Waals surface area contributed by atoms with Crippen molar-refractivity contribution in [1.29, 1.82) is 0 Å². The first kappa shape index (κ1) is 21.7. The molecular weight excluding hydrogens is 471 g/mol. The molecule has 25 heavy (non-hydrogen) atoms. The van der Waals surface area contributed by atoms with Gasteiger partial charge in [-0.3, -0.25) is 4.52 Å². The molecule has 0 saturated carbocycles. The van der Waals surface area contributed by atoms with Crippen LogP contribution in [0.2, 0.25) is 0 Å². The van der Waals surface area contributed by atoms with E-state index in [4.69, 9.17) is 19.4 Å². The van der Waals surface area contributed by atoms with Crippen molar-refractivity contribution in [3.8, 4) is 0 Å². The number of ether oxygens (including phenoxy) is 1. The van der Waals surface area contributed by atoms with Gasteiger partial charge in [0.1, 0.15) is 6.23 Å². The van der Waals surface area contributed by atoms with Gasteiger partial charge in [0.15, 0.2) is 0 Å². The first-order valence-electron chi connectivity index (χ1n) is 6.91. The van der Waals surface area contributed by atoms with Crippen molar-refractivity contribution in [1.82, 2.24) is 4.90 Å². The number of halogens is 1. The normalized spacial score (nSPS) is 29.3. The second-order valence-corrected chi connectivity index (χ2v) is 10.7. The third-order valence-corrected chi connectivity index (χ3v) is 7.61. The zero-order valence-corrected chi connectivity index (χ0v) is 16.9. The molecule has 2 rings (SSSR count). The summed E-state index contributed by atoms with van der Waals surface area (Å²) >= 11 is 3.38. The maximum Gasteiger partial charge on any atom is 0.490 e. The molecule has 1 saturated heterocycles. The SMILES string of the molecule is O=P(O)(O)OP(=O)(O)OP(=O)(O)OC[C@@H]1CC[C@H](N2C=C(Br)CC2)O1. The van der Waals surface area contributed by atoms with E-state index < -0.39 is 36.2 Å². The van der Waals surface area contributed by atoms with Gasteiger partial charge in [0, 0.05) is 17.2 Å². The summed E-state index contributed by atoms with van der Waals surface area (Å²) in [4.78, 5) is 37.3. The monoisotopic (exact) mass is 487 g/mol. The van der Waals surface area contributed by atoms with Crippen molar-refractivity contribution in [3.05, 3.63) is 10.7 Å². The number of hydrogen-bond donors (Lipinski definition) is 4. The molecule has 2 heterocycles. The lowest BCUT2D eigenvalue weighted by atomic mass is 10.2. The predicted molar refractivity (Wildman–Crippen MR) is 86.0 cm³/mol. The molecule has 2 unspecified atom stereocenters. The Morgan fingerprint density at radius 1 is 1.16 bits per heavy atom. The molecule has 0 bridgehead atoms. The van der Waals surface area contributed by atoms with Gasteiger partial charge in [0.2, 0.25) is 0 Å². The minimum atomic E-state index is -5.50. The second kappa shape index (κ2) is 8.18. The van der Waals surface area contributed by atoms with Crippen molar-refractivity contribution < 1.29 is 51.2 Å². The van der Waals surface area contributed by atoms with E-state index in [0.717, 1.165) is 17.4 Å². The highest BCUT2D eigenvalue weighted by Crippen LogP contribution is 2.66. The minimum Gasteiger partial charge on any atom is -0.353 e. The van der Waals surface area contributed by atoms with Gasteiger partial charge in [0.25, 0.3) is 0 Å². The van der Waals surface area contributed by atoms with Gasteiger partial charge in [-0.15, -0.1) is 0 Å². The average molecular weight is 488 g/mol. The summed E-state index contributed by atoms with van der Waals surface area (Å²) in [5.74, 6) is 0. The van der Waals surface area contributed by atoms with Crippen molar-refractivity contribution in [2.24, 2.45) is 0 Å². The van der Waals surface area contributed by atoms with Crippen LogP contribution in [-0.2, 0) is 31.6 Å². The summed E-state index contributed by atoms with van der Waals surface area (Å²) in [7, 11) is -16.0. The zero-order chi connectivity index (χ0) is 18.9. The number of phosphoric acid groups is 3. The molecule has 12 nitrogen and oxygen atoms in total. The van der Waals surface area contributed by atoms with Gasteiger partial charge < -0.3 is 29.2 Å². The number of hydrogen-bond acceptors (Lipinski definition) is 8. The van der Waals surface area contributed by atoms with Crippen LogP contribution in [0.25, 0.3) is 0 Å². The lowest BCUT2D eigenvalue weighted by Crippen LogP contribution is -2.30. The first-order valence-corrected chi connectivity index (χ1v) is 12.2. The summed E-state index contributed by atoms with van der Waals surface area (Å²) in [6.45, 7) is 0.354. The van der Waals surface area contributed by atoms with Crippen molar-refractivity contribution >= 4 is 39.4 Å². The molecule has 4 atom stereocenters. The lowest BCUT2D eigenvalue weighted by Gasteiger charge is -2.24. The molecule has 4 N–H and O–H groups in total. The zero-order valence-electron chi connectivity index (χ0n) is 12.6. The van der Waals surface area contributed by atoms with Crippen LogP contribution in [-0.4, -0.2) is 50.0 Å². The van der Waals surface area contributed by atoms with Crippen LogP contribution in [0.4, 0.5) is 0 Å². The summed E-state index contributed by atoms with van der Waals surface area (Å²) in [5.41, 5.74) is 0. The number of rotatable bonds is 8. The molecule has 0 aromatic rings. The topological polar surface area (TPSA) is 172 Å². The van der Waals surface area contributed by atoms with Crippen molar-refractivity contribution in [2.45, 2.75) is 31.6 Å². The van der Waals surface area contributed by atoms with E-state index in [1.54, 1.807) is 0 Å². The smallest absolute Gasteiger partial charge is 0.353 e. The molecule has 0 aromatic heterocycles. The van der Waals surface area contributed by atoms with E-state index in [1.807, 2.05) is 11.1 Å². The highest BCUT2D eigenvalue weighted by atomic mass is 79.9. The fourth-order valence-electron chi connectivity index (χ4n) is 2.31. The minimum absolute atomic E-state index is 0.218. The lowest BCUT2D eigenvalue weighted by molar-refractivity contribution is -0.0465.